The number of hydrogen-bond acceptors (Lipinski definition) is 6. The van der Waals surface area contributed by atoms with Crippen molar-refractivity contribution < 1.29 is 32.2 Å². The maximum absolute atomic E-state index is 13.4. The molecule has 3 aromatic carbocycles. The summed E-state index contributed by atoms with van der Waals surface area (Å²) >= 11 is 0. The van der Waals surface area contributed by atoms with Crippen molar-refractivity contribution in [3.05, 3.63) is 83.4 Å². The molecule has 0 N–H and O–H groups in total. The summed E-state index contributed by atoms with van der Waals surface area (Å²) in [6, 6.07) is 17.6. The zero-order chi connectivity index (χ0) is 26.9. The summed E-state index contributed by atoms with van der Waals surface area (Å²) in [5.41, 5.74) is 0.733. The fraction of sp³-hybridized carbons (Fsp3) is 0.286. The molecule has 1 atom stereocenters. The first kappa shape index (κ1) is 25.4. The molecular formula is C28H26F3N3O4. The molecule has 198 valence electrons. The van der Waals surface area contributed by atoms with E-state index in [4.69, 9.17) is 14.2 Å². The van der Waals surface area contributed by atoms with Gasteiger partial charge in [0.15, 0.2) is 5.75 Å². The van der Waals surface area contributed by atoms with E-state index >= 15 is 0 Å². The maximum Gasteiger partial charge on any atom is 0.416 e. The molecule has 0 saturated carbocycles. The average Bonchev–Trinajstić information content (AvgIpc) is 3.07. The Kier molecular flexibility index (Phi) is 6.88. The lowest BCUT2D eigenvalue weighted by molar-refractivity contribution is -0.137. The van der Waals surface area contributed by atoms with Crippen molar-refractivity contribution in [1.82, 2.24) is 9.80 Å². The second kappa shape index (κ2) is 10.3. The van der Waals surface area contributed by atoms with Crippen LogP contribution in [-0.2, 0) is 17.5 Å². The third-order valence-corrected chi connectivity index (χ3v) is 6.53. The lowest BCUT2D eigenvalue weighted by atomic mass is 10.1. The Balaban J connectivity index is 1.42. The minimum atomic E-state index is -4.52. The van der Waals surface area contributed by atoms with E-state index < -0.39 is 17.8 Å². The topological polar surface area (TPSA) is 63.6 Å². The Labute approximate surface area is 218 Å². The molecule has 2 aliphatic rings. The summed E-state index contributed by atoms with van der Waals surface area (Å²) in [5, 5.41) is 0. The highest BCUT2D eigenvalue weighted by molar-refractivity contribution is 6.04. The number of nitrogens with zero attached hydrogens (tertiary/aromatic N) is 3. The van der Waals surface area contributed by atoms with E-state index in [2.05, 4.69) is 4.99 Å². The van der Waals surface area contributed by atoms with Crippen LogP contribution in [0.2, 0.25) is 0 Å². The smallest absolute Gasteiger partial charge is 0.416 e. The van der Waals surface area contributed by atoms with E-state index in [0.717, 1.165) is 17.7 Å². The molecule has 0 aliphatic carbocycles. The zero-order valence-corrected chi connectivity index (χ0v) is 20.9. The second-order valence-electron chi connectivity index (χ2n) is 9.11. The SMILES string of the molecule is COc1ccc2c(c1)C(N1CCN(C(=O)OCc3ccccc3)[C@H](C)C1)=Nc1cc(C(F)(F)F)ccc1O2. The first-order valence-corrected chi connectivity index (χ1v) is 12.1. The van der Waals surface area contributed by atoms with Crippen LogP contribution in [0.25, 0.3) is 0 Å². The van der Waals surface area contributed by atoms with Crippen LogP contribution in [0.15, 0.2) is 71.7 Å². The number of rotatable bonds is 3. The molecule has 38 heavy (non-hydrogen) atoms. The predicted molar refractivity (Wildman–Crippen MR) is 135 cm³/mol. The van der Waals surface area contributed by atoms with Gasteiger partial charge in [0.05, 0.1) is 18.2 Å². The number of amidine groups is 1. The van der Waals surface area contributed by atoms with Gasteiger partial charge in [0, 0.05) is 25.7 Å². The van der Waals surface area contributed by atoms with E-state index in [9.17, 15) is 18.0 Å². The third kappa shape index (κ3) is 5.25. The Morgan fingerprint density at radius 2 is 1.82 bits per heavy atom. The summed E-state index contributed by atoms with van der Waals surface area (Å²) in [4.78, 5) is 21.1. The standard InChI is InChI=1S/C28H26F3N3O4/c1-18-16-33(12-13-34(18)27(35)37-17-19-6-4-3-5-7-19)26-22-15-21(36-2)9-11-24(22)38-25-10-8-20(28(29,30)31)14-23(25)32-26/h3-11,14-15,18H,12-13,16-17H2,1-2H3/t18-/m1/s1. The summed E-state index contributed by atoms with van der Waals surface area (Å²) in [7, 11) is 1.53. The van der Waals surface area contributed by atoms with Gasteiger partial charge in [-0.05, 0) is 48.9 Å². The summed E-state index contributed by atoms with van der Waals surface area (Å²) in [6.45, 7) is 3.20. The van der Waals surface area contributed by atoms with Gasteiger partial charge < -0.3 is 24.0 Å². The van der Waals surface area contributed by atoms with Crippen molar-refractivity contribution in [2.24, 2.45) is 4.99 Å². The Morgan fingerprint density at radius 3 is 2.53 bits per heavy atom. The highest BCUT2D eigenvalue weighted by Crippen LogP contribution is 2.42. The van der Waals surface area contributed by atoms with Crippen LogP contribution in [0, 0.1) is 0 Å². The third-order valence-electron chi connectivity index (χ3n) is 6.53. The van der Waals surface area contributed by atoms with Gasteiger partial charge in [0.2, 0.25) is 0 Å². The van der Waals surface area contributed by atoms with Crippen molar-refractivity contribution in [3.63, 3.8) is 0 Å². The highest BCUT2D eigenvalue weighted by atomic mass is 19.4. The van der Waals surface area contributed by atoms with Gasteiger partial charge in [-0.15, -0.1) is 0 Å². The Bertz CT molecular complexity index is 1360. The number of aliphatic imine (C=N–C) groups is 1. The number of benzene rings is 3. The maximum atomic E-state index is 13.4. The van der Waals surface area contributed by atoms with Crippen molar-refractivity contribution in [2.75, 3.05) is 26.7 Å². The number of methoxy groups -OCH3 is 1. The van der Waals surface area contributed by atoms with Gasteiger partial charge in [-0.25, -0.2) is 9.79 Å². The fourth-order valence-electron chi connectivity index (χ4n) is 4.52. The monoisotopic (exact) mass is 525 g/mol. The van der Waals surface area contributed by atoms with Crippen LogP contribution in [-0.4, -0.2) is 54.5 Å². The largest absolute Gasteiger partial charge is 0.497 e. The molecule has 1 fully saturated rings. The minimum absolute atomic E-state index is 0.0716. The lowest BCUT2D eigenvalue weighted by Gasteiger charge is -2.40. The first-order chi connectivity index (χ1) is 18.2. The van der Waals surface area contributed by atoms with Crippen molar-refractivity contribution in [2.45, 2.75) is 25.7 Å². The van der Waals surface area contributed by atoms with Crippen LogP contribution in [0.1, 0.15) is 23.6 Å². The molecular weight excluding hydrogens is 499 g/mol. The lowest BCUT2D eigenvalue weighted by Crippen LogP contribution is -2.55. The van der Waals surface area contributed by atoms with Gasteiger partial charge in [-0.3, -0.25) is 0 Å². The van der Waals surface area contributed by atoms with Crippen LogP contribution in [0.3, 0.4) is 0 Å². The van der Waals surface area contributed by atoms with Gasteiger partial charge in [-0.1, -0.05) is 30.3 Å². The van der Waals surface area contributed by atoms with Gasteiger partial charge in [0.1, 0.15) is 29.6 Å². The van der Waals surface area contributed by atoms with E-state index in [-0.39, 0.29) is 24.1 Å². The average molecular weight is 526 g/mol. The van der Waals surface area contributed by atoms with Gasteiger partial charge in [0.25, 0.3) is 0 Å². The quantitative estimate of drug-likeness (QED) is 0.405. The molecule has 5 rings (SSSR count). The summed E-state index contributed by atoms with van der Waals surface area (Å²) < 4.78 is 57.2. The van der Waals surface area contributed by atoms with Crippen LogP contribution in [0.5, 0.6) is 17.2 Å². The van der Waals surface area contributed by atoms with Crippen molar-refractivity contribution in [1.29, 1.82) is 0 Å². The van der Waals surface area contributed by atoms with Crippen molar-refractivity contribution >= 4 is 17.6 Å². The van der Waals surface area contributed by atoms with Gasteiger partial charge in [-0.2, -0.15) is 13.2 Å². The summed E-state index contributed by atoms with van der Waals surface area (Å²) in [5.74, 6) is 1.66. The van der Waals surface area contributed by atoms with Crippen LogP contribution >= 0.6 is 0 Å². The highest BCUT2D eigenvalue weighted by Gasteiger charge is 2.34. The predicted octanol–water partition coefficient (Wildman–Crippen LogP) is 6.24. The zero-order valence-electron chi connectivity index (χ0n) is 20.9. The minimum Gasteiger partial charge on any atom is -0.497 e. The normalized spacial score (nSPS) is 17.0. The molecule has 1 amide bonds. The summed E-state index contributed by atoms with van der Waals surface area (Å²) in [6.07, 6.45) is -4.94. The number of carbonyl (C=O) groups is 1. The molecule has 0 spiro atoms. The van der Waals surface area contributed by atoms with Crippen molar-refractivity contribution in [3.8, 4) is 17.2 Å². The molecule has 0 unspecified atom stereocenters. The molecule has 0 aromatic heterocycles. The first-order valence-electron chi connectivity index (χ1n) is 12.1. The number of halogens is 3. The molecule has 2 heterocycles. The molecule has 0 radical (unpaired) electrons. The molecule has 1 saturated heterocycles. The number of ether oxygens (including phenoxy) is 3. The fourth-order valence-corrected chi connectivity index (χ4v) is 4.52. The Morgan fingerprint density at radius 1 is 1.05 bits per heavy atom. The van der Waals surface area contributed by atoms with Crippen LogP contribution in [0.4, 0.5) is 23.7 Å². The number of alkyl halides is 3. The molecule has 10 heteroatoms. The Hall–Kier alpha value is -4.21. The number of amides is 1. The molecule has 2 aliphatic heterocycles. The van der Waals surface area contributed by atoms with E-state index in [1.165, 1.54) is 13.2 Å². The van der Waals surface area contributed by atoms with E-state index in [1.807, 2.05) is 42.2 Å². The van der Waals surface area contributed by atoms with E-state index in [1.54, 1.807) is 23.1 Å². The van der Waals surface area contributed by atoms with Crippen LogP contribution < -0.4 is 9.47 Å². The molecule has 3 aromatic rings. The molecule has 7 nitrogen and oxygen atoms in total. The van der Waals surface area contributed by atoms with Gasteiger partial charge >= 0.3 is 12.3 Å². The molecule has 0 bridgehead atoms. The number of fused-ring (bicyclic) bond motifs is 2. The number of carbonyl (C=O) groups excluding carboxylic acids is 1. The second-order valence-corrected chi connectivity index (χ2v) is 9.11. The van der Waals surface area contributed by atoms with E-state index in [0.29, 0.717) is 42.5 Å². The number of hydrogen-bond donors (Lipinski definition) is 0. The number of piperazine rings is 1.